The molecule has 0 radical (unpaired) electrons. The van der Waals surface area contributed by atoms with Gasteiger partial charge in [0.1, 0.15) is 0 Å². The smallest absolute Gasteiger partial charge is 0.253 e. The highest BCUT2D eigenvalue weighted by molar-refractivity contribution is 5.94. The Labute approximate surface area is 183 Å². The number of piperidine rings is 2. The first-order valence-electron chi connectivity index (χ1n) is 11.8. The molecule has 2 saturated heterocycles. The summed E-state index contributed by atoms with van der Waals surface area (Å²) in [5.74, 6) is 2.43. The molecule has 30 heavy (non-hydrogen) atoms. The molecule has 2 aliphatic rings. The zero-order chi connectivity index (χ0) is 21.9. The average Bonchev–Trinajstić information content (AvgIpc) is 2.73. The van der Waals surface area contributed by atoms with E-state index in [2.05, 4.69) is 39.8 Å². The molecule has 166 valence electrons. The molecule has 0 unspecified atom stereocenters. The van der Waals surface area contributed by atoms with Crippen molar-refractivity contribution in [1.82, 2.24) is 9.80 Å². The fourth-order valence-corrected chi connectivity index (χ4v) is 5.41. The summed E-state index contributed by atoms with van der Waals surface area (Å²) in [6.45, 7) is 14.4. The molecule has 0 spiro atoms. The number of carbonyl (C=O) groups is 2. The Bertz CT molecular complexity index is 739. The molecule has 2 amide bonds. The largest absolute Gasteiger partial charge is 0.343 e. The van der Waals surface area contributed by atoms with Gasteiger partial charge in [0.25, 0.3) is 5.91 Å². The van der Waals surface area contributed by atoms with E-state index < -0.39 is 0 Å². The highest BCUT2D eigenvalue weighted by Gasteiger charge is 2.33. The quantitative estimate of drug-likeness (QED) is 0.681. The number of hydrogen-bond acceptors (Lipinski definition) is 2. The molecule has 0 bridgehead atoms. The third kappa shape index (κ3) is 5.44. The lowest BCUT2D eigenvalue weighted by Gasteiger charge is -2.40. The van der Waals surface area contributed by atoms with Crippen LogP contribution in [0.3, 0.4) is 0 Å². The molecule has 1 aromatic carbocycles. The van der Waals surface area contributed by atoms with Crippen LogP contribution in [-0.4, -0.2) is 47.8 Å². The average molecular weight is 413 g/mol. The van der Waals surface area contributed by atoms with Crippen LogP contribution in [0.25, 0.3) is 0 Å². The van der Waals surface area contributed by atoms with Crippen LogP contribution in [0.15, 0.2) is 24.3 Å². The fourth-order valence-electron chi connectivity index (χ4n) is 5.41. The standard InChI is InChI=1S/C26H40N2O2/c1-19(2)22-9-13-28(14-10-22)25(30)23-8-6-7-21(17-23)18-26(4,5)24-11-15-27(16-12-24)20(3)29/h6-8,17,19,22,24H,9-16,18H2,1-5H3. The van der Waals surface area contributed by atoms with Crippen LogP contribution >= 0.6 is 0 Å². The van der Waals surface area contributed by atoms with Crippen LogP contribution in [0.5, 0.6) is 0 Å². The Morgan fingerprint density at radius 2 is 1.60 bits per heavy atom. The minimum absolute atomic E-state index is 0.153. The van der Waals surface area contributed by atoms with Crippen LogP contribution in [0.2, 0.25) is 0 Å². The van der Waals surface area contributed by atoms with Crippen molar-refractivity contribution in [3.8, 4) is 0 Å². The SMILES string of the molecule is CC(=O)N1CCC(C(C)(C)Cc2cccc(C(=O)N3CCC(C(C)C)CC3)c2)CC1. The second-order valence-corrected chi connectivity index (χ2v) is 10.5. The molecule has 2 heterocycles. The molecule has 4 heteroatoms. The van der Waals surface area contributed by atoms with Gasteiger partial charge >= 0.3 is 0 Å². The minimum Gasteiger partial charge on any atom is -0.343 e. The van der Waals surface area contributed by atoms with Crippen molar-refractivity contribution in [2.24, 2.45) is 23.2 Å². The number of nitrogens with zero attached hydrogens (tertiary/aromatic N) is 2. The summed E-state index contributed by atoms with van der Waals surface area (Å²) in [4.78, 5) is 28.7. The van der Waals surface area contributed by atoms with Crippen LogP contribution in [0.4, 0.5) is 0 Å². The normalized spacial score (nSPS) is 19.4. The number of carbonyl (C=O) groups excluding carboxylic acids is 2. The van der Waals surface area contributed by atoms with Crippen LogP contribution in [0.1, 0.15) is 76.2 Å². The van der Waals surface area contributed by atoms with E-state index in [0.717, 1.165) is 69.8 Å². The molecule has 0 aliphatic carbocycles. The Kier molecular flexibility index (Phi) is 7.26. The molecule has 0 saturated carbocycles. The van der Waals surface area contributed by atoms with Crippen molar-refractivity contribution >= 4 is 11.8 Å². The summed E-state index contributed by atoms with van der Waals surface area (Å²) in [7, 11) is 0. The number of hydrogen-bond donors (Lipinski definition) is 0. The van der Waals surface area contributed by atoms with Crippen LogP contribution in [-0.2, 0) is 11.2 Å². The van der Waals surface area contributed by atoms with Gasteiger partial charge in [0.05, 0.1) is 0 Å². The monoisotopic (exact) mass is 412 g/mol. The summed E-state index contributed by atoms with van der Waals surface area (Å²) in [5, 5.41) is 0. The van der Waals surface area contributed by atoms with Crippen molar-refractivity contribution in [2.75, 3.05) is 26.2 Å². The van der Waals surface area contributed by atoms with Crippen LogP contribution < -0.4 is 0 Å². The first-order valence-corrected chi connectivity index (χ1v) is 11.8. The predicted octanol–water partition coefficient (Wildman–Crippen LogP) is 5.02. The lowest BCUT2D eigenvalue weighted by atomic mass is 9.70. The first kappa shape index (κ1) is 22.8. The van der Waals surface area contributed by atoms with E-state index >= 15 is 0 Å². The van der Waals surface area contributed by atoms with Gasteiger partial charge in [-0.2, -0.15) is 0 Å². The summed E-state index contributed by atoms with van der Waals surface area (Å²) in [6.07, 6.45) is 5.34. The molecule has 1 aromatic rings. The van der Waals surface area contributed by atoms with E-state index in [4.69, 9.17) is 0 Å². The van der Waals surface area contributed by atoms with Gasteiger partial charge in [0.15, 0.2) is 0 Å². The lowest BCUT2D eigenvalue weighted by Crippen LogP contribution is -2.41. The summed E-state index contributed by atoms with van der Waals surface area (Å²) < 4.78 is 0. The van der Waals surface area contributed by atoms with Crippen molar-refractivity contribution in [2.45, 2.75) is 66.7 Å². The molecule has 4 nitrogen and oxygen atoms in total. The molecular weight excluding hydrogens is 372 g/mol. The highest BCUT2D eigenvalue weighted by Crippen LogP contribution is 2.38. The van der Waals surface area contributed by atoms with Gasteiger partial charge in [-0.05, 0) is 73.0 Å². The first-order chi connectivity index (χ1) is 14.2. The maximum atomic E-state index is 13.1. The summed E-state index contributed by atoms with van der Waals surface area (Å²) in [6, 6.07) is 8.29. The van der Waals surface area contributed by atoms with E-state index in [1.54, 1.807) is 6.92 Å². The maximum absolute atomic E-state index is 13.1. The minimum atomic E-state index is 0.153. The predicted molar refractivity (Wildman–Crippen MR) is 122 cm³/mol. The Morgan fingerprint density at radius 1 is 1.00 bits per heavy atom. The van der Waals surface area contributed by atoms with Crippen molar-refractivity contribution < 1.29 is 9.59 Å². The number of likely N-dealkylation sites (tertiary alicyclic amines) is 2. The highest BCUT2D eigenvalue weighted by atomic mass is 16.2. The Balaban J connectivity index is 1.61. The number of rotatable bonds is 5. The molecule has 0 aromatic heterocycles. The molecule has 3 rings (SSSR count). The van der Waals surface area contributed by atoms with Gasteiger partial charge in [-0.1, -0.05) is 39.8 Å². The van der Waals surface area contributed by atoms with E-state index in [1.807, 2.05) is 21.9 Å². The summed E-state index contributed by atoms with van der Waals surface area (Å²) in [5.41, 5.74) is 2.23. The van der Waals surface area contributed by atoms with E-state index in [0.29, 0.717) is 11.8 Å². The zero-order valence-corrected chi connectivity index (χ0v) is 19.6. The lowest BCUT2D eigenvalue weighted by molar-refractivity contribution is -0.130. The van der Waals surface area contributed by atoms with Gasteiger partial charge in [-0.3, -0.25) is 9.59 Å². The van der Waals surface area contributed by atoms with Crippen molar-refractivity contribution in [3.63, 3.8) is 0 Å². The third-order valence-corrected chi connectivity index (χ3v) is 7.65. The summed E-state index contributed by atoms with van der Waals surface area (Å²) >= 11 is 0. The Morgan fingerprint density at radius 3 is 2.17 bits per heavy atom. The fraction of sp³-hybridized carbons (Fsp3) is 0.692. The molecule has 2 aliphatic heterocycles. The van der Waals surface area contributed by atoms with Gasteiger partial charge < -0.3 is 9.80 Å². The zero-order valence-electron chi connectivity index (χ0n) is 19.6. The molecule has 2 fully saturated rings. The van der Waals surface area contributed by atoms with Crippen LogP contribution in [0, 0.1) is 23.2 Å². The molecule has 0 atom stereocenters. The van der Waals surface area contributed by atoms with E-state index in [-0.39, 0.29) is 17.2 Å². The van der Waals surface area contributed by atoms with Gasteiger partial charge in [0, 0.05) is 38.7 Å². The number of amides is 2. The van der Waals surface area contributed by atoms with Crippen molar-refractivity contribution in [3.05, 3.63) is 35.4 Å². The number of benzene rings is 1. The molecular formula is C26H40N2O2. The second-order valence-electron chi connectivity index (χ2n) is 10.5. The Hall–Kier alpha value is -1.84. The van der Waals surface area contributed by atoms with Crippen molar-refractivity contribution in [1.29, 1.82) is 0 Å². The third-order valence-electron chi connectivity index (χ3n) is 7.65. The van der Waals surface area contributed by atoms with Gasteiger partial charge in [0.2, 0.25) is 5.91 Å². The van der Waals surface area contributed by atoms with Gasteiger partial charge in [-0.25, -0.2) is 0 Å². The van der Waals surface area contributed by atoms with Gasteiger partial charge in [-0.15, -0.1) is 0 Å². The topological polar surface area (TPSA) is 40.6 Å². The van der Waals surface area contributed by atoms with E-state index in [1.165, 1.54) is 5.56 Å². The second kappa shape index (κ2) is 9.53. The molecule has 0 N–H and O–H groups in total. The van der Waals surface area contributed by atoms with E-state index in [9.17, 15) is 9.59 Å². The maximum Gasteiger partial charge on any atom is 0.253 e.